The van der Waals surface area contributed by atoms with Crippen molar-refractivity contribution in [3.05, 3.63) is 40.2 Å². The van der Waals surface area contributed by atoms with Crippen LogP contribution in [0.5, 0.6) is 0 Å². The Balaban J connectivity index is 2.02. The van der Waals surface area contributed by atoms with Gasteiger partial charge in [0.2, 0.25) is 0 Å². The van der Waals surface area contributed by atoms with Gasteiger partial charge in [-0.25, -0.2) is 0 Å². The summed E-state index contributed by atoms with van der Waals surface area (Å²) in [6.07, 6.45) is 0.998. The summed E-state index contributed by atoms with van der Waals surface area (Å²) in [6.45, 7) is 2.10. The van der Waals surface area contributed by atoms with Crippen molar-refractivity contribution >= 4 is 17.2 Å². The lowest BCUT2D eigenvalue weighted by molar-refractivity contribution is 0.275. The second-order valence-corrected chi connectivity index (χ2v) is 5.32. The average Bonchev–Trinajstić information content (AvgIpc) is 2.91. The summed E-state index contributed by atoms with van der Waals surface area (Å²) in [4.78, 5) is 3.47. The van der Waals surface area contributed by atoms with Crippen LogP contribution in [-0.4, -0.2) is 28.4 Å². The Labute approximate surface area is 111 Å². The molecular formula is C13H17N3OS. The highest BCUT2D eigenvalue weighted by atomic mass is 32.1. The molecule has 2 aromatic rings. The Hall–Kier alpha value is -1.46. The van der Waals surface area contributed by atoms with E-state index in [-0.39, 0.29) is 6.61 Å². The predicted octanol–water partition coefficient (Wildman–Crippen LogP) is 2.10. The Morgan fingerprint density at radius 1 is 1.33 bits per heavy atom. The van der Waals surface area contributed by atoms with E-state index in [0.717, 1.165) is 12.2 Å². The van der Waals surface area contributed by atoms with Crippen molar-refractivity contribution in [3.63, 3.8) is 0 Å². The first-order valence-electron chi connectivity index (χ1n) is 5.89. The topological polar surface area (TPSA) is 49.2 Å². The van der Waals surface area contributed by atoms with E-state index < -0.39 is 0 Å². The van der Waals surface area contributed by atoms with Crippen LogP contribution in [0.25, 0.3) is 0 Å². The van der Waals surface area contributed by atoms with Gasteiger partial charge in [0.05, 0.1) is 12.3 Å². The molecule has 0 spiro atoms. The normalized spacial score (nSPS) is 12.4. The summed E-state index contributed by atoms with van der Waals surface area (Å²) in [5.74, 6) is 0.830. The molecule has 5 heteroatoms. The molecule has 0 saturated heterocycles. The van der Waals surface area contributed by atoms with Crippen LogP contribution < -0.4 is 4.90 Å². The molecule has 0 amide bonds. The second-order valence-electron chi connectivity index (χ2n) is 4.28. The molecule has 2 aromatic heterocycles. The maximum atomic E-state index is 8.93. The molecule has 1 unspecified atom stereocenters. The van der Waals surface area contributed by atoms with Crippen LogP contribution in [0.3, 0.4) is 0 Å². The number of hydrogen-bond donors (Lipinski definition) is 1. The number of thiophene rings is 1. The van der Waals surface area contributed by atoms with E-state index >= 15 is 0 Å². The summed E-state index contributed by atoms with van der Waals surface area (Å²) < 4.78 is 0. The van der Waals surface area contributed by atoms with E-state index in [4.69, 9.17) is 5.11 Å². The van der Waals surface area contributed by atoms with Crippen molar-refractivity contribution in [1.82, 2.24) is 10.2 Å². The maximum absolute atomic E-state index is 8.93. The first-order valence-corrected chi connectivity index (χ1v) is 6.77. The largest absolute Gasteiger partial charge is 0.390 e. The lowest BCUT2D eigenvalue weighted by Crippen LogP contribution is -2.31. The highest BCUT2D eigenvalue weighted by Gasteiger charge is 2.12. The van der Waals surface area contributed by atoms with Crippen LogP contribution in [0.4, 0.5) is 5.82 Å². The van der Waals surface area contributed by atoms with Gasteiger partial charge in [0.1, 0.15) is 0 Å². The van der Waals surface area contributed by atoms with E-state index in [1.165, 1.54) is 4.88 Å². The van der Waals surface area contributed by atoms with E-state index in [2.05, 4.69) is 39.5 Å². The third-order valence-electron chi connectivity index (χ3n) is 2.97. The lowest BCUT2D eigenvalue weighted by Gasteiger charge is -2.25. The van der Waals surface area contributed by atoms with Gasteiger partial charge >= 0.3 is 0 Å². The third kappa shape index (κ3) is 3.05. The molecular weight excluding hydrogens is 246 g/mol. The molecule has 0 aliphatic carbocycles. The van der Waals surface area contributed by atoms with Crippen molar-refractivity contribution in [2.24, 2.45) is 0 Å². The number of aliphatic hydroxyl groups is 1. The Bertz CT molecular complexity index is 469. The molecule has 0 aromatic carbocycles. The fourth-order valence-electron chi connectivity index (χ4n) is 1.71. The van der Waals surface area contributed by atoms with Crippen molar-refractivity contribution < 1.29 is 5.11 Å². The summed E-state index contributed by atoms with van der Waals surface area (Å²) >= 11 is 1.77. The molecule has 1 atom stereocenters. The standard InChI is InChI=1S/C13H17N3OS/c1-10(8-12-4-3-7-18-12)16(2)13-6-5-11(9-17)14-15-13/h3-7,10,17H,8-9H2,1-2H3. The molecule has 0 radical (unpaired) electrons. The first kappa shape index (κ1) is 13.0. The van der Waals surface area contributed by atoms with Gasteiger partial charge < -0.3 is 10.0 Å². The summed E-state index contributed by atoms with van der Waals surface area (Å²) in [7, 11) is 2.01. The minimum Gasteiger partial charge on any atom is -0.390 e. The average molecular weight is 263 g/mol. The Kier molecular flexibility index (Phi) is 4.28. The summed E-state index contributed by atoms with van der Waals surface area (Å²) in [5, 5.41) is 19.1. The van der Waals surface area contributed by atoms with E-state index in [1.807, 2.05) is 13.1 Å². The van der Waals surface area contributed by atoms with Crippen molar-refractivity contribution in [2.45, 2.75) is 26.0 Å². The number of rotatable bonds is 5. The number of anilines is 1. The fraction of sp³-hybridized carbons (Fsp3) is 0.385. The van der Waals surface area contributed by atoms with Gasteiger partial charge in [-0.2, -0.15) is 5.10 Å². The SMILES string of the molecule is CC(Cc1cccs1)N(C)c1ccc(CO)nn1. The van der Waals surface area contributed by atoms with Crippen LogP contribution in [0.2, 0.25) is 0 Å². The van der Waals surface area contributed by atoms with E-state index in [9.17, 15) is 0 Å². The lowest BCUT2D eigenvalue weighted by atomic mass is 10.2. The minimum absolute atomic E-state index is 0.0677. The van der Waals surface area contributed by atoms with Crippen LogP contribution in [0.15, 0.2) is 29.6 Å². The van der Waals surface area contributed by atoms with Crippen LogP contribution in [0, 0.1) is 0 Å². The first-order chi connectivity index (χ1) is 8.70. The van der Waals surface area contributed by atoms with Crippen molar-refractivity contribution in [1.29, 1.82) is 0 Å². The number of nitrogens with zero attached hydrogens (tertiary/aromatic N) is 3. The van der Waals surface area contributed by atoms with Crippen molar-refractivity contribution in [3.8, 4) is 0 Å². The Morgan fingerprint density at radius 2 is 2.17 bits per heavy atom. The van der Waals surface area contributed by atoms with Gasteiger partial charge in [-0.05, 0) is 30.5 Å². The van der Waals surface area contributed by atoms with Gasteiger partial charge in [-0.1, -0.05) is 6.07 Å². The monoisotopic (exact) mass is 263 g/mol. The number of aliphatic hydroxyl groups excluding tert-OH is 1. The van der Waals surface area contributed by atoms with Crippen LogP contribution in [-0.2, 0) is 13.0 Å². The number of likely N-dealkylation sites (N-methyl/N-ethyl adjacent to an activating group) is 1. The minimum atomic E-state index is -0.0677. The van der Waals surface area contributed by atoms with Gasteiger partial charge in [0.25, 0.3) is 0 Å². The predicted molar refractivity (Wildman–Crippen MR) is 73.8 cm³/mol. The van der Waals surface area contributed by atoms with Gasteiger partial charge in [0.15, 0.2) is 5.82 Å². The van der Waals surface area contributed by atoms with E-state index in [0.29, 0.717) is 11.7 Å². The molecule has 1 N–H and O–H groups in total. The second kappa shape index (κ2) is 5.93. The zero-order valence-corrected chi connectivity index (χ0v) is 11.4. The highest BCUT2D eigenvalue weighted by molar-refractivity contribution is 7.09. The molecule has 0 aliphatic rings. The molecule has 0 bridgehead atoms. The molecule has 2 heterocycles. The van der Waals surface area contributed by atoms with Gasteiger partial charge in [-0.15, -0.1) is 16.4 Å². The number of aromatic nitrogens is 2. The fourth-order valence-corrected chi connectivity index (χ4v) is 2.53. The summed E-state index contributed by atoms with van der Waals surface area (Å²) in [6, 6.07) is 8.27. The van der Waals surface area contributed by atoms with E-state index in [1.54, 1.807) is 17.4 Å². The quantitative estimate of drug-likeness (QED) is 0.897. The number of hydrogen-bond acceptors (Lipinski definition) is 5. The zero-order chi connectivity index (χ0) is 13.0. The van der Waals surface area contributed by atoms with Gasteiger partial charge in [-0.3, -0.25) is 0 Å². The molecule has 2 rings (SSSR count). The molecule has 96 valence electrons. The molecule has 0 fully saturated rings. The molecule has 0 saturated carbocycles. The van der Waals surface area contributed by atoms with Crippen LogP contribution in [0.1, 0.15) is 17.5 Å². The highest BCUT2D eigenvalue weighted by Crippen LogP contribution is 2.17. The van der Waals surface area contributed by atoms with Gasteiger partial charge in [0, 0.05) is 24.4 Å². The molecule has 4 nitrogen and oxygen atoms in total. The van der Waals surface area contributed by atoms with Crippen LogP contribution >= 0.6 is 11.3 Å². The maximum Gasteiger partial charge on any atom is 0.151 e. The zero-order valence-electron chi connectivity index (χ0n) is 10.6. The van der Waals surface area contributed by atoms with Crippen molar-refractivity contribution in [2.75, 3.05) is 11.9 Å². The summed E-state index contributed by atoms with van der Waals surface area (Å²) in [5.41, 5.74) is 0.595. The molecule has 18 heavy (non-hydrogen) atoms. The third-order valence-corrected chi connectivity index (χ3v) is 3.87. The Morgan fingerprint density at radius 3 is 2.72 bits per heavy atom. The molecule has 0 aliphatic heterocycles. The smallest absolute Gasteiger partial charge is 0.151 e.